The Kier molecular flexibility index (Phi) is 3.65. The highest BCUT2D eigenvalue weighted by Crippen LogP contribution is 2.13. The van der Waals surface area contributed by atoms with Crippen LogP contribution in [-0.2, 0) is 9.84 Å². The molecule has 0 radical (unpaired) electrons. The molecular formula is C12H14FNO3S. The summed E-state index contributed by atoms with van der Waals surface area (Å²) in [5.41, 5.74) is 0.379. The van der Waals surface area contributed by atoms with E-state index >= 15 is 0 Å². The largest absolute Gasteiger partial charge is 0.349 e. The fourth-order valence-corrected chi connectivity index (χ4v) is 3.40. The average Bonchev–Trinajstić information content (AvgIpc) is 2.33. The number of halogens is 1. The molecule has 0 aromatic heterocycles. The lowest BCUT2D eigenvalue weighted by Crippen LogP contribution is -2.40. The summed E-state index contributed by atoms with van der Waals surface area (Å²) >= 11 is 0. The second kappa shape index (κ2) is 5.06. The topological polar surface area (TPSA) is 63.2 Å². The zero-order valence-corrected chi connectivity index (χ0v) is 10.5. The third kappa shape index (κ3) is 3.29. The molecule has 6 heteroatoms. The highest BCUT2D eigenvalue weighted by Gasteiger charge is 2.24. The van der Waals surface area contributed by atoms with Gasteiger partial charge >= 0.3 is 0 Å². The Bertz CT molecular complexity index is 525. The fraction of sp³-hybridized carbons (Fsp3) is 0.417. The summed E-state index contributed by atoms with van der Waals surface area (Å²) in [5.74, 6) is -0.461. The van der Waals surface area contributed by atoms with E-state index in [4.69, 9.17) is 0 Å². The molecule has 0 spiro atoms. The maximum atomic E-state index is 12.7. The van der Waals surface area contributed by atoms with Gasteiger partial charge in [-0.15, -0.1) is 0 Å². The molecule has 1 amide bonds. The van der Waals surface area contributed by atoms with Crippen LogP contribution in [0.5, 0.6) is 0 Å². The highest BCUT2D eigenvalue weighted by molar-refractivity contribution is 7.91. The number of amides is 1. The second-order valence-corrected chi connectivity index (χ2v) is 6.71. The molecule has 1 heterocycles. The zero-order chi connectivity index (χ0) is 13.2. The van der Waals surface area contributed by atoms with E-state index < -0.39 is 15.7 Å². The molecule has 1 saturated heterocycles. The number of carbonyl (C=O) groups is 1. The van der Waals surface area contributed by atoms with Crippen LogP contribution in [0.15, 0.2) is 24.3 Å². The van der Waals surface area contributed by atoms with Crippen molar-refractivity contribution in [2.24, 2.45) is 0 Å². The lowest BCUT2D eigenvalue weighted by atomic mass is 10.1. The van der Waals surface area contributed by atoms with E-state index in [1.54, 1.807) is 0 Å². The smallest absolute Gasteiger partial charge is 0.251 e. The molecular weight excluding hydrogens is 257 g/mol. The van der Waals surface area contributed by atoms with Crippen LogP contribution >= 0.6 is 0 Å². The quantitative estimate of drug-likeness (QED) is 0.877. The van der Waals surface area contributed by atoms with Crippen LogP contribution in [0.3, 0.4) is 0 Å². The first kappa shape index (κ1) is 13.0. The zero-order valence-electron chi connectivity index (χ0n) is 9.73. The van der Waals surface area contributed by atoms with Gasteiger partial charge < -0.3 is 5.32 Å². The monoisotopic (exact) mass is 271 g/mol. The Morgan fingerprint density at radius 2 is 1.72 bits per heavy atom. The van der Waals surface area contributed by atoms with Crippen LogP contribution in [0.4, 0.5) is 4.39 Å². The van der Waals surface area contributed by atoms with E-state index in [9.17, 15) is 17.6 Å². The summed E-state index contributed by atoms with van der Waals surface area (Å²) < 4.78 is 35.2. The number of nitrogens with one attached hydrogen (secondary N) is 1. The van der Waals surface area contributed by atoms with Crippen molar-refractivity contribution < 1.29 is 17.6 Å². The third-order valence-corrected chi connectivity index (χ3v) is 4.71. The number of hydrogen-bond donors (Lipinski definition) is 1. The van der Waals surface area contributed by atoms with Gasteiger partial charge in [-0.05, 0) is 37.1 Å². The lowest BCUT2D eigenvalue weighted by molar-refractivity contribution is 0.0934. The summed E-state index contributed by atoms with van der Waals surface area (Å²) in [6.07, 6.45) is 0.880. The van der Waals surface area contributed by atoms with E-state index in [1.807, 2.05) is 0 Å². The number of hydrogen-bond acceptors (Lipinski definition) is 3. The third-order valence-electron chi connectivity index (χ3n) is 3.00. The molecule has 1 aromatic rings. The normalized spacial score (nSPS) is 19.4. The van der Waals surface area contributed by atoms with Crippen molar-refractivity contribution in [3.8, 4) is 0 Å². The second-order valence-electron chi connectivity index (χ2n) is 4.41. The number of rotatable bonds is 2. The molecule has 0 saturated carbocycles. The molecule has 4 nitrogen and oxygen atoms in total. The molecule has 1 aliphatic heterocycles. The highest BCUT2D eigenvalue weighted by atomic mass is 32.2. The van der Waals surface area contributed by atoms with Gasteiger partial charge in [-0.2, -0.15) is 0 Å². The van der Waals surface area contributed by atoms with Crippen molar-refractivity contribution in [1.82, 2.24) is 5.32 Å². The summed E-state index contributed by atoms with van der Waals surface area (Å²) in [5, 5.41) is 2.77. The summed E-state index contributed by atoms with van der Waals surface area (Å²) in [4.78, 5) is 11.8. The lowest BCUT2D eigenvalue weighted by Gasteiger charge is -2.23. The molecule has 0 unspecified atom stereocenters. The van der Waals surface area contributed by atoms with Gasteiger partial charge in [-0.3, -0.25) is 4.79 Å². The van der Waals surface area contributed by atoms with Crippen LogP contribution in [0.1, 0.15) is 23.2 Å². The molecule has 0 atom stereocenters. The Hall–Kier alpha value is -1.43. The molecule has 98 valence electrons. The van der Waals surface area contributed by atoms with E-state index in [-0.39, 0.29) is 23.5 Å². The summed E-state index contributed by atoms with van der Waals surface area (Å²) in [6.45, 7) is 0. The Morgan fingerprint density at radius 1 is 1.17 bits per heavy atom. The van der Waals surface area contributed by atoms with Gasteiger partial charge in [0.25, 0.3) is 5.91 Å². The van der Waals surface area contributed by atoms with Crippen LogP contribution in [0.25, 0.3) is 0 Å². The van der Waals surface area contributed by atoms with Crippen LogP contribution in [-0.4, -0.2) is 31.9 Å². The molecule has 0 bridgehead atoms. The molecule has 18 heavy (non-hydrogen) atoms. The first-order valence-electron chi connectivity index (χ1n) is 5.73. The average molecular weight is 271 g/mol. The Morgan fingerprint density at radius 3 is 2.28 bits per heavy atom. The van der Waals surface area contributed by atoms with E-state index in [0.717, 1.165) is 0 Å². The van der Waals surface area contributed by atoms with Gasteiger partial charge in [0.05, 0.1) is 11.5 Å². The number of sulfone groups is 1. The van der Waals surface area contributed by atoms with E-state index in [2.05, 4.69) is 5.32 Å². The van der Waals surface area contributed by atoms with Gasteiger partial charge in [-0.1, -0.05) is 0 Å². The predicted molar refractivity (Wildman–Crippen MR) is 65.5 cm³/mol. The Balaban J connectivity index is 1.94. The predicted octanol–water partition coefficient (Wildman–Crippen LogP) is 1.13. The molecule has 0 aliphatic carbocycles. The van der Waals surface area contributed by atoms with Crippen molar-refractivity contribution in [2.45, 2.75) is 18.9 Å². The van der Waals surface area contributed by atoms with Gasteiger partial charge in [0, 0.05) is 11.6 Å². The van der Waals surface area contributed by atoms with Gasteiger partial charge in [0.2, 0.25) is 0 Å². The summed E-state index contributed by atoms with van der Waals surface area (Å²) in [7, 11) is -2.92. The van der Waals surface area contributed by atoms with Crippen molar-refractivity contribution in [3.63, 3.8) is 0 Å². The van der Waals surface area contributed by atoms with Crippen molar-refractivity contribution in [2.75, 3.05) is 11.5 Å². The van der Waals surface area contributed by atoms with E-state index in [1.165, 1.54) is 24.3 Å². The first-order valence-corrected chi connectivity index (χ1v) is 7.55. The molecule has 1 aromatic carbocycles. The van der Waals surface area contributed by atoms with Crippen molar-refractivity contribution in [1.29, 1.82) is 0 Å². The fourth-order valence-electron chi connectivity index (χ4n) is 1.90. The minimum atomic E-state index is -2.92. The van der Waals surface area contributed by atoms with E-state index in [0.29, 0.717) is 18.4 Å². The number of benzene rings is 1. The SMILES string of the molecule is O=C(NC1CCS(=O)(=O)CC1)c1ccc(F)cc1. The van der Waals surface area contributed by atoms with Crippen molar-refractivity contribution >= 4 is 15.7 Å². The molecule has 1 fully saturated rings. The van der Waals surface area contributed by atoms with Gasteiger partial charge in [0.1, 0.15) is 15.7 Å². The van der Waals surface area contributed by atoms with Crippen LogP contribution < -0.4 is 5.32 Å². The maximum Gasteiger partial charge on any atom is 0.251 e. The molecule has 1 N–H and O–H groups in total. The molecule has 2 rings (SSSR count). The number of carbonyl (C=O) groups excluding carboxylic acids is 1. The van der Waals surface area contributed by atoms with Gasteiger partial charge in [-0.25, -0.2) is 12.8 Å². The van der Waals surface area contributed by atoms with Crippen LogP contribution in [0, 0.1) is 5.82 Å². The standard InChI is InChI=1S/C12H14FNO3S/c13-10-3-1-9(2-4-10)12(15)14-11-5-7-18(16,17)8-6-11/h1-4,11H,5-8H2,(H,14,15). The molecule has 1 aliphatic rings. The Labute approximate surface area is 105 Å². The minimum absolute atomic E-state index is 0.112. The summed E-state index contributed by atoms with van der Waals surface area (Å²) in [6, 6.07) is 5.14. The van der Waals surface area contributed by atoms with Crippen molar-refractivity contribution in [3.05, 3.63) is 35.6 Å². The maximum absolute atomic E-state index is 12.7. The van der Waals surface area contributed by atoms with Crippen LogP contribution in [0.2, 0.25) is 0 Å². The first-order chi connectivity index (χ1) is 8.46. The van der Waals surface area contributed by atoms with Gasteiger partial charge in [0.15, 0.2) is 0 Å². The minimum Gasteiger partial charge on any atom is -0.349 e.